The fraction of sp³-hybridized carbons (Fsp3) is 0.333. The number of nitrogens with zero attached hydrogens (tertiary/aromatic N) is 1. The number of benzene rings is 1. The van der Waals surface area contributed by atoms with Gasteiger partial charge in [-0.25, -0.2) is 9.59 Å². The number of hydrogen-bond acceptors (Lipinski definition) is 4. The Kier molecular flexibility index (Phi) is 3.72. The predicted molar refractivity (Wildman–Crippen MR) is 59.6 cm³/mol. The van der Waals surface area contributed by atoms with Crippen LogP contribution < -0.4 is 0 Å². The molecule has 0 aliphatic carbocycles. The van der Waals surface area contributed by atoms with Crippen molar-refractivity contribution in [1.29, 1.82) is 0 Å². The third-order valence-electron chi connectivity index (χ3n) is 2.46. The molecular weight excluding hydrogens is 222 g/mol. The maximum atomic E-state index is 11.6. The second-order valence-corrected chi connectivity index (χ2v) is 3.62. The van der Waals surface area contributed by atoms with Gasteiger partial charge in [0.1, 0.15) is 0 Å². The van der Waals surface area contributed by atoms with E-state index in [0.717, 1.165) is 0 Å². The number of morpholine rings is 1. The molecule has 0 unspecified atom stereocenters. The molecule has 17 heavy (non-hydrogen) atoms. The molecule has 0 spiro atoms. The molecule has 1 heterocycles. The maximum absolute atomic E-state index is 11.6. The van der Waals surface area contributed by atoms with E-state index < -0.39 is 12.1 Å². The molecule has 5 nitrogen and oxygen atoms in total. The lowest BCUT2D eigenvalue weighted by Gasteiger charge is -2.25. The Morgan fingerprint density at radius 3 is 2.41 bits per heavy atom. The van der Waals surface area contributed by atoms with E-state index in [-0.39, 0.29) is 0 Å². The summed E-state index contributed by atoms with van der Waals surface area (Å²) in [4.78, 5) is 24.7. The average Bonchev–Trinajstić information content (AvgIpc) is 2.40. The summed E-state index contributed by atoms with van der Waals surface area (Å²) >= 11 is 0. The maximum Gasteiger partial charge on any atom is 0.417 e. The second kappa shape index (κ2) is 5.45. The van der Waals surface area contributed by atoms with E-state index >= 15 is 0 Å². The zero-order valence-corrected chi connectivity index (χ0v) is 9.30. The summed E-state index contributed by atoms with van der Waals surface area (Å²) in [5.74, 6) is -0.623. The van der Waals surface area contributed by atoms with Gasteiger partial charge in [-0.3, -0.25) is 0 Å². The van der Waals surface area contributed by atoms with Crippen LogP contribution in [0.2, 0.25) is 0 Å². The summed E-state index contributed by atoms with van der Waals surface area (Å²) in [7, 11) is 0. The van der Waals surface area contributed by atoms with Crippen LogP contribution in [0, 0.1) is 0 Å². The zero-order chi connectivity index (χ0) is 12.1. The first-order valence-corrected chi connectivity index (χ1v) is 5.41. The highest BCUT2D eigenvalue weighted by atomic mass is 16.6. The Bertz CT molecular complexity index is 398. The summed E-state index contributed by atoms with van der Waals surface area (Å²) in [6, 6.07) is 8.44. The van der Waals surface area contributed by atoms with Gasteiger partial charge < -0.3 is 14.4 Å². The Morgan fingerprint density at radius 2 is 1.76 bits per heavy atom. The molecule has 1 saturated heterocycles. The van der Waals surface area contributed by atoms with Crippen LogP contribution in [0.3, 0.4) is 0 Å². The van der Waals surface area contributed by atoms with Gasteiger partial charge in [0.2, 0.25) is 0 Å². The summed E-state index contributed by atoms with van der Waals surface area (Å²) in [6.07, 6.45) is -0.609. The van der Waals surface area contributed by atoms with Crippen molar-refractivity contribution in [1.82, 2.24) is 4.90 Å². The predicted octanol–water partition coefficient (Wildman–Crippen LogP) is 1.30. The van der Waals surface area contributed by atoms with Gasteiger partial charge in [-0.05, 0) is 12.1 Å². The highest BCUT2D eigenvalue weighted by molar-refractivity contribution is 5.96. The van der Waals surface area contributed by atoms with Crippen molar-refractivity contribution in [2.75, 3.05) is 26.3 Å². The van der Waals surface area contributed by atoms with Crippen molar-refractivity contribution < 1.29 is 19.1 Å². The van der Waals surface area contributed by atoms with Gasteiger partial charge in [0.15, 0.2) is 0 Å². The molecule has 1 aromatic carbocycles. The van der Waals surface area contributed by atoms with Crippen molar-refractivity contribution in [2.24, 2.45) is 0 Å². The van der Waals surface area contributed by atoms with Crippen LogP contribution >= 0.6 is 0 Å². The Hall–Kier alpha value is -1.88. The van der Waals surface area contributed by atoms with Gasteiger partial charge in [-0.15, -0.1) is 0 Å². The lowest BCUT2D eigenvalue weighted by Crippen LogP contribution is -2.41. The lowest BCUT2D eigenvalue weighted by molar-refractivity contribution is 0.0249. The molecule has 0 aromatic heterocycles. The fourth-order valence-corrected chi connectivity index (χ4v) is 1.52. The van der Waals surface area contributed by atoms with Crippen LogP contribution in [0.25, 0.3) is 0 Å². The van der Waals surface area contributed by atoms with Crippen molar-refractivity contribution in [3.05, 3.63) is 35.9 Å². The SMILES string of the molecule is O=C(OC(=O)N1CCOCC1)c1ccccc1. The molecule has 1 aromatic rings. The molecule has 90 valence electrons. The highest BCUT2D eigenvalue weighted by Gasteiger charge is 2.21. The molecular formula is C12H13NO4. The monoisotopic (exact) mass is 235 g/mol. The summed E-state index contributed by atoms with van der Waals surface area (Å²) in [5.41, 5.74) is 0.370. The van der Waals surface area contributed by atoms with Crippen LogP contribution in [0.5, 0.6) is 0 Å². The van der Waals surface area contributed by atoms with Gasteiger partial charge in [0.25, 0.3) is 0 Å². The van der Waals surface area contributed by atoms with E-state index in [4.69, 9.17) is 9.47 Å². The van der Waals surface area contributed by atoms with Gasteiger partial charge in [0, 0.05) is 13.1 Å². The first kappa shape index (κ1) is 11.6. The Balaban J connectivity index is 1.92. The molecule has 0 N–H and O–H groups in total. The van der Waals surface area contributed by atoms with E-state index in [9.17, 15) is 9.59 Å². The lowest BCUT2D eigenvalue weighted by atomic mass is 10.2. The number of hydrogen-bond donors (Lipinski definition) is 0. The normalized spacial score (nSPS) is 15.4. The molecule has 1 fully saturated rings. The smallest absolute Gasteiger partial charge is 0.378 e. The zero-order valence-electron chi connectivity index (χ0n) is 9.30. The van der Waals surface area contributed by atoms with Crippen LogP contribution in [0.15, 0.2) is 30.3 Å². The van der Waals surface area contributed by atoms with Crippen LogP contribution in [-0.4, -0.2) is 43.3 Å². The second-order valence-electron chi connectivity index (χ2n) is 3.62. The van der Waals surface area contributed by atoms with Crippen molar-refractivity contribution >= 4 is 12.1 Å². The minimum absolute atomic E-state index is 0.370. The standard InChI is InChI=1S/C12H13NO4/c14-11(10-4-2-1-3-5-10)17-12(15)13-6-8-16-9-7-13/h1-5H,6-9H2. The molecule has 5 heteroatoms. The largest absolute Gasteiger partial charge is 0.417 e. The number of amides is 1. The minimum Gasteiger partial charge on any atom is -0.378 e. The van der Waals surface area contributed by atoms with Gasteiger partial charge in [-0.2, -0.15) is 0 Å². The summed E-state index contributed by atoms with van der Waals surface area (Å²) in [5, 5.41) is 0. The molecule has 1 aliphatic heterocycles. The van der Waals surface area contributed by atoms with Crippen LogP contribution in [-0.2, 0) is 9.47 Å². The summed E-state index contributed by atoms with van der Waals surface area (Å²) in [6.45, 7) is 1.88. The molecule has 0 saturated carbocycles. The molecule has 0 radical (unpaired) electrons. The van der Waals surface area contributed by atoms with E-state index in [0.29, 0.717) is 31.9 Å². The van der Waals surface area contributed by atoms with E-state index in [1.165, 1.54) is 4.90 Å². The highest BCUT2D eigenvalue weighted by Crippen LogP contribution is 2.05. The van der Waals surface area contributed by atoms with E-state index in [1.54, 1.807) is 30.3 Å². The first-order chi connectivity index (χ1) is 8.27. The Labute approximate surface area is 98.9 Å². The van der Waals surface area contributed by atoms with Gasteiger partial charge >= 0.3 is 12.1 Å². The number of rotatable bonds is 1. The molecule has 2 rings (SSSR count). The molecule has 1 amide bonds. The van der Waals surface area contributed by atoms with Gasteiger partial charge in [0.05, 0.1) is 18.8 Å². The number of esters is 1. The molecule has 1 aliphatic rings. The minimum atomic E-state index is -0.623. The molecule has 0 bridgehead atoms. The van der Waals surface area contributed by atoms with Crippen molar-refractivity contribution in [3.63, 3.8) is 0 Å². The van der Waals surface area contributed by atoms with Crippen molar-refractivity contribution in [3.8, 4) is 0 Å². The number of ether oxygens (including phenoxy) is 2. The quantitative estimate of drug-likeness (QED) is 0.543. The van der Waals surface area contributed by atoms with Crippen LogP contribution in [0.1, 0.15) is 10.4 Å². The van der Waals surface area contributed by atoms with Crippen LogP contribution in [0.4, 0.5) is 4.79 Å². The number of carbonyl (C=O) groups excluding carboxylic acids is 2. The third kappa shape index (κ3) is 3.04. The first-order valence-electron chi connectivity index (χ1n) is 5.41. The number of carbonyl (C=O) groups is 2. The fourth-order valence-electron chi connectivity index (χ4n) is 1.52. The topological polar surface area (TPSA) is 55.8 Å². The Morgan fingerprint density at radius 1 is 1.12 bits per heavy atom. The summed E-state index contributed by atoms with van der Waals surface area (Å²) < 4.78 is 9.87. The van der Waals surface area contributed by atoms with Crippen molar-refractivity contribution in [2.45, 2.75) is 0 Å². The third-order valence-corrected chi connectivity index (χ3v) is 2.46. The van der Waals surface area contributed by atoms with E-state index in [2.05, 4.69) is 0 Å². The van der Waals surface area contributed by atoms with E-state index in [1.807, 2.05) is 0 Å². The average molecular weight is 235 g/mol. The van der Waals surface area contributed by atoms with Gasteiger partial charge in [-0.1, -0.05) is 18.2 Å². The molecule has 0 atom stereocenters.